The highest BCUT2D eigenvalue weighted by Crippen LogP contribution is 2.24. The molecule has 0 unspecified atom stereocenters. The lowest BCUT2D eigenvalue weighted by atomic mass is 10.2. The molecule has 0 radical (unpaired) electrons. The van der Waals surface area contributed by atoms with E-state index in [1.165, 1.54) is 11.5 Å². The second kappa shape index (κ2) is 2.43. The summed E-state index contributed by atoms with van der Waals surface area (Å²) in [5.41, 5.74) is 1.93. The number of hydrogen-bond donors (Lipinski definition) is 0. The molecule has 4 heteroatoms. The minimum absolute atomic E-state index is 0.755. The van der Waals surface area contributed by atoms with Gasteiger partial charge in [-0.2, -0.15) is 0 Å². The second-order valence-corrected chi connectivity index (χ2v) is 3.48. The summed E-state index contributed by atoms with van der Waals surface area (Å²) in [6.07, 6.45) is 0. The summed E-state index contributed by atoms with van der Waals surface area (Å²) in [4.78, 5) is 0. The van der Waals surface area contributed by atoms with E-state index in [1.807, 2.05) is 19.1 Å². The Hall–Kier alpha value is -0.670. The van der Waals surface area contributed by atoms with Crippen molar-refractivity contribution in [3.8, 4) is 0 Å². The Balaban J connectivity index is 2.93. The Morgan fingerprint density at radius 1 is 1.45 bits per heavy atom. The van der Waals surface area contributed by atoms with E-state index in [1.54, 1.807) is 0 Å². The van der Waals surface area contributed by atoms with Gasteiger partial charge in [-0.1, -0.05) is 16.1 Å². The summed E-state index contributed by atoms with van der Waals surface area (Å²) in [6, 6.07) is 3.81. The molecule has 0 aliphatic heterocycles. The third-order valence-corrected chi connectivity index (χ3v) is 2.71. The van der Waals surface area contributed by atoms with Gasteiger partial charge in [-0.25, -0.2) is 0 Å². The molecule has 0 fully saturated rings. The van der Waals surface area contributed by atoms with Crippen molar-refractivity contribution in [3.05, 3.63) is 22.7 Å². The highest BCUT2D eigenvalue weighted by molar-refractivity contribution is 7.12. The fraction of sp³-hybridized carbons (Fsp3) is 0.143. The van der Waals surface area contributed by atoms with Crippen LogP contribution in [0.5, 0.6) is 0 Å². The molecule has 1 aromatic heterocycles. The van der Waals surface area contributed by atoms with Crippen LogP contribution in [-0.2, 0) is 0 Å². The Morgan fingerprint density at radius 2 is 2.27 bits per heavy atom. The second-order valence-electron chi connectivity index (χ2n) is 2.29. The average molecular weight is 185 g/mol. The lowest BCUT2D eigenvalue weighted by Gasteiger charge is -1.94. The number of benzene rings is 1. The first-order chi connectivity index (χ1) is 5.29. The fourth-order valence-corrected chi connectivity index (χ4v) is 1.73. The number of nitrogens with zero attached hydrogens (tertiary/aromatic N) is 2. The lowest BCUT2D eigenvalue weighted by Crippen LogP contribution is -1.77. The van der Waals surface area contributed by atoms with Gasteiger partial charge < -0.3 is 0 Å². The first-order valence-corrected chi connectivity index (χ1v) is 4.31. The van der Waals surface area contributed by atoms with E-state index in [4.69, 9.17) is 11.6 Å². The number of halogens is 1. The van der Waals surface area contributed by atoms with Crippen LogP contribution < -0.4 is 0 Å². The van der Waals surface area contributed by atoms with Crippen molar-refractivity contribution in [2.75, 3.05) is 0 Å². The quantitative estimate of drug-likeness (QED) is 0.629. The maximum Gasteiger partial charge on any atom is 0.110 e. The molecule has 0 bridgehead atoms. The van der Waals surface area contributed by atoms with Gasteiger partial charge in [0, 0.05) is 5.02 Å². The van der Waals surface area contributed by atoms with E-state index in [-0.39, 0.29) is 0 Å². The first kappa shape index (κ1) is 7.00. The van der Waals surface area contributed by atoms with Crippen LogP contribution >= 0.6 is 23.1 Å². The van der Waals surface area contributed by atoms with E-state index in [0.717, 1.165) is 20.8 Å². The van der Waals surface area contributed by atoms with Crippen molar-refractivity contribution in [1.29, 1.82) is 0 Å². The minimum atomic E-state index is 0.755. The van der Waals surface area contributed by atoms with Gasteiger partial charge in [-0.3, -0.25) is 0 Å². The molecule has 0 N–H and O–H groups in total. The average Bonchev–Trinajstić information content (AvgIpc) is 2.45. The summed E-state index contributed by atoms with van der Waals surface area (Å²) in [5, 5.41) is 4.72. The normalized spacial score (nSPS) is 10.7. The monoisotopic (exact) mass is 184 g/mol. The fourth-order valence-electron chi connectivity index (χ4n) is 0.954. The number of hydrogen-bond acceptors (Lipinski definition) is 3. The molecule has 56 valence electrons. The minimum Gasteiger partial charge on any atom is -0.138 e. The number of aromatic nitrogens is 2. The zero-order valence-corrected chi connectivity index (χ0v) is 7.41. The summed E-state index contributed by atoms with van der Waals surface area (Å²) >= 11 is 7.27. The third-order valence-electron chi connectivity index (χ3n) is 1.61. The molecule has 0 aliphatic rings. The van der Waals surface area contributed by atoms with Gasteiger partial charge >= 0.3 is 0 Å². The molecule has 2 rings (SSSR count). The molecule has 0 saturated carbocycles. The number of rotatable bonds is 0. The van der Waals surface area contributed by atoms with Crippen LogP contribution in [0.2, 0.25) is 5.02 Å². The predicted molar refractivity (Wildman–Crippen MR) is 47.2 cm³/mol. The molecule has 0 spiro atoms. The van der Waals surface area contributed by atoms with Gasteiger partial charge in [0.05, 0.1) is 4.70 Å². The van der Waals surface area contributed by atoms with Crippen LogP contribution in [0.25, 0.3) is 10.2 Å². The Kier molecular flexibility index (Phi) is 1.55. The van der Waals surface area contributed by atoms with Gasteiger partial charge in [0.15, 0.2) is 0 Å². The molecule has 0 amide bonds. The number of aryl methyl sites for hydroxylation is 1. The summed E-state index contributed by atoms with van der Waals surface area (Å²) in [6.45, 7) is 1.95. The highest BCUT2D eigenvalue weighted by atomic mass is 35.5. The SMILES string of the molecule is Cc1c(Cl)ccc2snnc12. The van der Waals surface area contributed by atoms with Crippen molar-refractivity contribution in [1.82, 2.24) is 9.59 Å². The first-order valence-electron chi connectivity index (χ1n) is 3.16. The van der Waals surface area contributed by atoms with Crippen molar-refractivity contribution in [2.24, 2.45) is 0 Å². The van der Waals surface area contributed by atoms with Crippen LogP contribution in [0.3, 0.4) is 0 Å². The molecule has 0 atom stereocenters. The molecule has 2 aromatic rings. The van der Waals surface area contributed by atoms with Crippen LogP contribution in [0, 0.1) is 6.92 Å². The van der Waals surface area contributed by atoms with Crippen molar-refractivity contribution in [3.63, 3.8) is 0 Å². The largest absolute Gasteiger partial charge is 0.138 e. The molecule has 1 aromatic carbocycles. The van der Waals surface area contributed by atoms with E-state index in [2.05, 4.69) is 9.59 Å². The molecular formula is C7H5ClN2S. The van der Waals surface area contributed by atoms with E-state index >= 15 is 0 Å². The third kappa shape index (κ3) is 1.01. The lowest BCUT2D eigenvalue weighted by molar-refractivity contribution is 1.19. The maximum absolute atomic E-state index is 5.88. The highest BCUT2D eigenvalue weighted by Gasteiger charge is 2.03. The summed E-state index contributed by atoms with van der Waals surface area (Å²) in [7, 11) is 0. The molecule has 2 nitrogen and oxygen atoms in total. The molecule has 0 saturated heterocycles. The van der Waals surface area contributed by atoms with E-state index < -0.39 is 0 Å². The van der Waals surface area contributed by atoms with Crippen LogP contribution in [0.15, 0.2) is 12.1 Å². The van der Waals surface area contributed by atoms with Crippen molar-refractivity contribution >= 4 is 33.4 Å². The van der Waals surface area contributed by atoms with Crippen LogP contribution in [-0.4, -0.2) is 9.59 Å². The van der Waals surface area contributed by atoms with Crippen LogP contribution in [0.4, 0.5) is 0 Å². The topological polar surface area (TPSA) is 25.8 Å². The van der Waals surface area contributed by atoms with E-state index in [9.17, 15) is 0 Å². The van der Waals surface area contributed by atoms with Crippen molar-refractivity contribution < 1.29 is 0 Å². The smallest absolute Gasteiger partial charge is 0.110 e. The zero-order valence-electron chi connectivity index (χ0n) is 5.84. The molecular weight excluding hydrogens is 180 g/mol. The van der Waals surface area contributed by atoms with Crippen molar-refractivity contribution in [2.45, 2.75) is 6.92 Å². The Labute approximate surface area is 73.0 Å². The van der Waals surface area contributed by atoms with Gasteiger partial charge in [0.1, 0.15) is 5.52 Å². The van der Waals surface area contributed by atoms with Crippen LogP contribution in [0.1, 0.15) is 5.56 Å². The predicted octanol–water partition coefficient (Wildman–Crippen LogP) is 2.65. The van der Waals surface area contributed by atoms with Gasteiger partial charge in [0.25, 0.3) is 0 Å². The Bertz CT molecular complexity index is 396. The van der Waals surface area contributed by atoms with Gasteiger partial charge in [-0.05, 0) is 36.2 Å². The molecule has 11 heavy (non-hydrogen) atoms. The Morgan fingerprint density at radius 3 is 3.09 bits per heavy atom. The van der Waals surface area contributed by atoms with Gasteiger partial charge in [0.2, 0.25) is 0 Å². The standard InChI is InChI=1S/C7H5ClN2S/c1-4-5(8)2-3-6-7(4)9-10-11-6/h2-3H,1H3. The maximum atomic E-state index is 5.88. The summed E-state index contributed by atoms with van der Waals surface area (Å²) in [5.74, 6) is 0. The van der Waals surface area contributed by atoms with Gasteiger partial charge in [-0.15, -0.1) is 5.10 Å². The molecule has 1 heterocycles. The van der Waals surface area contributed by atoms with E-state index in [0.29, 0.717) is 0 Å². The summed E-state index contributed by atoms with van der Waals surface area (Å²) < 4.78 is 4.93. The zero-order chi connectivity index (χ0) is 7.84. The molecule has 0 aliphatic carbocycles. The number of fused-ring (bicyclic) bond motifs is 1.